The summed E-state index contributed by atoms with van der Waals surface area (Å²) in [5.74, 6) is 1.92. The molecule has 98 valence electrons. The maximum absolute atomic E-state index is 13.3. The molecule has 0 atom stereocenters. The number of hydrogen-bond acceptors (Lipinski definition) is 4. The van der Waals surface area contributed by atoms with Crippen LogP contribution in [0.25, 0.3) is 0 Å². The average molecular weight is 259 g/mol. The molecule has 1 aromatic heterocycles. The van der Waals surface area contributed by atoms with Gasteiger partial charge in [-0.2, -0.15) is 0 Å². The summed E-state index contributed by atoms with van der Waals surface area (Å²) in [4.78, 5) is 8.71. The van der Waals surface area contributed by atoms with Gasteiger partial charge < -0.3 is 10.1 Å². The van der Waals surface area contributed by atoms with Crippen molar-refractivity contribution in [2.75, 3.05) is 12.4 Å². The van der Waals surface area contributed by atoms with Crippen LogP contribution in [0.4, 0.5) is 15.9 Å². The fourth-order valence-electron chi connectivity index (χ4n) is 1.87. The van der Waals surface area contributed by atoms with Gasteiger partial charge in [0, 0.05) is 23.9 Å². The van der Waals surface area contributed by atoms with Gasteiger partial charge in [0.05, 0.1) is 7.11 Å². The molecule has 0 radical (unpaired) electrons. The fraction of sp³-hybridized carbons (Fsp3) is 0.286. The Balaban J connectivity index is 1.82. The molecule has 2 aromatic rings. The maximum Gasteiger partial charge on any atom is 0.165 e. The number of methoxy groups -OCH3 is 1. The minimum absolute atomic E-state index is 0.210. The molecule has 0 spiro atoms. The van der Waals surface area contributed by atoms with Gasteiger partial charge in [0.15, 0.2) is 11.6 Å². The molecule has 0 bridgehead atoms. The molecule has 1 fully saturated rings. The summed E-state index contributed by atoms with van der Waals surface area (Å²) in [6.07, 6.45) is 4.06. The number of benzene rings is 1. The van der Waals surface area contributed by atoms with Crippen molar-refractivity contribution in [3.05, 3.63) is 42.1 Å². The van der Waals surface area contributed by atoms with Gasteiger partial charge in [0.25, 0.3) is 0 Å². The highest BCUT2D eigenvalue weighted by molar-refractivity contribution is 5.58. The first kappa shape index (κ1) is 11.9. The lowest BCUT2D eigenvalue weighted by atomic mass is 10.3. The van der Waals surface area contributed by atoms with Crippen molar-refractivity contribution < 1.29 is 9.13 Å². The largest absolute Gasteiger partial charge is 0.494 e. The molecule has 5 heteroatoms. The van der Waals surface area contributed by atoms with Gasteiger partial charge >= 0.3 is 0 Å². The molecular weight excluding hydrogens is 245 g/mol. The highest BCUT2D eigenvalue weighted by Crippen LogP contribution is 2.38. The minimum Gasteiger partial charge on any atom is -0.494 e. The van der Waals surface area contributed by atoms with E-state index in [1.54, 1.807) is 24.4 Å². The predicted octanol–water partition coefficient (Wildman–Crippen LogP) is 3.25. The van der Waals surface area contributed by atoms with Gasteiger partial charge in [-0.1, -0.05) is 0 Å². The number of rotatable bonds is 4. The average Bonchev–Trinajstić information content (AvgIpc) is 3.26. The number of anilines is 2. The molecule has 1 aromatic carbocycles. The molecular formula is C14H14FN3O. The van der Waals surface area contributed by atoms with Gasteiger partial charge in [-0.05, 0) is 31.0 Å². The van der Waals surface area contributed by atoms with Crippen LogP contribution in [0.3, 0.4) is 0 Å². The Hall–Kier alpha value is -2.17. The van der Waals surface area contributed by atoms with Gasteiger partial charge in [0.2, 0.25) is 0 Å². The van der Waals surface area contributed by atoms with Crippen molar-refractivity contribution in [2.45, 2.75) is 18.8 Å². The Labute approximate surface area is 110 Å². The Kier molecular flexibility index (Phi) is 3.03. The van der Waals surface area contributed by atoms with Crippen molar-refractivity contribution in [2.24, 2.45) is 0 Å². The van der Waals surface area contributed by atoms with E-state index in [9.17, 15) is 4.39 Å². The van der Waals surface area contributed by atoms with Crippen LogP contribution in [-0.2, 0) is 0 Å². The Bertz CT molecular complexity index is 599. The molecule has 4 nitrogen and oxygen atoms in total. The number of aromatic nitrogens is 2. The van der Waals surface area contributed by atoms with Crippen LogP contribution >= 0.6 is 0 Å². The first-order chi connectivity index (χ1) is 9.26. The lowest BCUT2D eigenvalue weighted by Gasteiger charge is -2.08. The molecule has 0 aliphatic heterocycles. The van der Waals surface area contributed by atoms with Crippen LogP contribution in [0.15, 0.2) is 30.5 Å². The van der Waals surface area contributed by atoms with Gasteiger partial charge in [-0.25, -0.2) is 14.4 Å². The molecule has 1 aliphatic rings. The third kappa shape index (κ3) is 2.65. The van der Waals surface area contributed by atoms with Crippen molar-refractivity contribution in [3.8, 4) is 5.75 Å². The van der Waals surface area contributed by atoms with Crippen molar-refractivity contribution in [1.82, 2.24) is 9.97 Å². The normalized spacial score (nSPS) is 14.2. The highest BCUT2D eigenvalue weighted by atomic mass is 19.1. The van der Waals surface area contributed by atoms with Crippen molar-refractivity contribution >= 4 is 11.5 Å². The van der Waals surface area contributed by atoms with E-state index in [4.69, 9.17) is 4.74 Å². The molecule has 1 saturated carbocycles. The van der Waals surface area contributed by atoms with Crippen LogP contribution in [0, 0.1) is 5.82 Å². The third-order valence-corrected chi connectivity index (χ3v) is 3.04. The summed E-state index contributed by atoms with van der Waals surface area (Å²) in [7, 11) is 1.44. The summed E-state index contributed by atoms with van der Waals surface area (Å²) in [6, 6.07) is 6.41. The number of halogens is 1. The van der Waals surface area contributed by atoms with E-state index in [0.717, 1.165) is 24.4 Å². The van der Waals surface area contributed by atoms with E-state index >= 15 is 0 Å². The van der Waals surface area contributed by atoms with E-state index < -0.39 is 0 Å². The SMILES string of the molecule is COc1cc(Nc2ccnc(C3CC3)n2)ccc1F. The summed E-state index contributed by atoms with van der Waals surface area (Å²) in [6.45, 7) is 0. The van der Waals surface area contributed by atoms with Crippen molar-refractivity contribution in [1.29, 1.82) is 0 Å². The Morgan fingerprint density at radius 1 is 1.32 bits per heavy atom. The first-order valence-electron chi connectivity index (χ1n) is 6.20. The quantitative estimate of drug-likeness (QED) is 0.915. The number of nitrogens with one attached hydrogen (secondary N) is 1. The minimum atomic E-state index is -0.380. The number of nitrogens with zero attached hydrogens (tertiary/aromatic N) is 2. The zero-order chi connectivity index (χ0) is 13.2. The smallest absolute Gasteiger partial charge is 0.165 e. The summed E-state index contributed by atoms with van der Waals surface area (Å²) < 4.78 is 18.3. The van der Waals surface area contributed by atoms with Crippen LogP contribution in [-0.4, -0.2) is 17.1 Å². The van der Waals surface area contributed by atoms with Crippen LogP contribution in [0.2, 0.25) is 0 Å². The molecule has 0 amide bonds. The lowest BCUT2D eigenvalue weighted by molar-refractivity contribution is 0.387. The monoisotopic (exact) mass is 259 g/mol. The highest BCUT2D eigenvalue weighted by Gasteiger charge is 2.26. The topological polar surface area (TPSA) is 47.0 Å². The van der Waals surface area contributed by atoms with Crippen LogP contribution in [0.5, 0.6) is 5.75 Å². The summed E-state index contributed by atoms with van der Waals surface area (Å²) in [5.41, 5.74) is 0.735. The molecule has 1 heterocycles. The van der Waals surface area contributed by atoms with Gasteiger partial charge in [-0.3, -0.25) is 0 Å². The molecule has 0 unspecified atom stereocenters. The number of hydrogen-bond donors (Lipinski definition) is 1. The molecule has 1 aliphatic carbocycles. The van der Waals surface area contributed by atoms with Gasteiger partial charge in [-0.15, -0.1) is 0 Å². The standard InChI is InChI=1S/C14H14FN3O/c1-19-12-8-10(4-5-11(12)15)17-13-6-7-16-14(18-13)9-2-3-9/h4-9H,2-3H2,1H3,(H,16,17,18). The fourth-order valence-corrected chi connectivity index (χ4v) is 1.87. The van der Waals surface area contributed by atoms with E-state index in [1.807, 2.05) is 0 Å². The Morgan fingerprint density at radius 2 is 2.16 bits per heavy atom. The van der Waals surface area contributed by atoms with E-state index in [0.29, 0.717) is 11.7 Å². The molecule has 19 heavy (non-hydrogen) atoms. The zero-order valence-electron chi connectivity index (χ0n) is 10.6. The second-order valence-electron chi connectivity index (χ2n) is 4.55. The lowest BCUT2D eigenvalue weighted by Crippen LogP contribution is -1.99. The predicted molar refractivity (Wildman–Crippen MR) is 70.2 cm³/mol. The second kappa shape index (κ2) is 4.84. The zero-order valence-corrected chi connectivity index (χ0v) is 10.6. The number of ether oxygens (including phenoxy) is 1. The summed E-state index contributed by atoms with van der Waals surface area (Å²) >= 11 is 0. The molecule has 1 N–H and O–H groups in total. The first-order valence-corrected chi connectivity index (χ1v) is 6.20. The van der Waals surface area contributed by atoms with Gasteiger partial charge in [0.1, 0.15) is 11.6 Å². The molecule has 0 saturated heterocycles. The van der Waals surface area contributed by atoms with E-state index in [-0.39, 0.29) is 11.6 Å². The van der Waals surface area contributed by atoms with Crippen molar-refractivity contribution in [3.63, 3.8) is 0 Å². The van der Waals surface area contributed by atoms with E-state index in [1.165, 1.54) is 13.2 Å². The third-order valence-electron chi connectivity index (χ3n) is 3.04. The Morgan fingerprint density at radius 3 is 2.89 bits per heavy atom. The summed E-state index contributed by atoms with van der Waals surface area (Å²) in [5, 5.41) is 3.13. The maximum atomic E-state index is 13.3. The van der Waals surface area contributed by atoms with E-state index in [2.05, 4.69) is 15.3 Å². The van der Waals surface area contributed by atoms with Crippen LogP contribution < -0.4 is 10.1 Å². The molecule has 3 rings (SSSR count). The second-order valence-corrected chi connectivity index (χ2v) is 4.55. The van der Waals surface area contributed by atoms with Crippen LogP contribution in [0.1, 0.15) is 24.6 Å².